The number of carbonyl (C=O) groups excluding carboxylic acids is 1. The number of halogens is 1. The number of carbonyl (C=O) groups is 1. The number of hydrogen-bond acceptors (Lipinski definition) is 1. The molecule has 0 heterocycles. The lowest BCUT2D eigenvalue weighted by Crippen LogP contribution is -2.10. The average Bonchev–Trinajstić information content (AvgIpc) is 2.21. The zero-order valence-electron chi connectivity index (χ0n) is 9.15. The third-order valence-electron chi connectivity index (χ3n) is 2.48. The fourth-order valence-corrected chi connectivity index (χ4v) is 1.62. The second kappa shape index (κ2) is 4.49. The Labute approximate surface area is 94.9 Å². The van der Waals surface area contributed by atoms with Crippen LogP contribution in [0.25, 0.3) is 0 Å². The molecule has 15 heavy (non-hydrogen) atoms. The van der Waals surface area contributed by atoms with Crippen LogP contribution in [-0.4, -0.2) is 5.91 Å². The van der Waals surface area contributed by atoms with Crippen LogP contribution in [0.5, 0.6) is 0 Å². The molecule has 0 atom stereocenters. The van der Waals surface area contributed by atoms with Gasteiger partial charge in [0.25, 0.3) is 0 Å². The summed E-state index contributed by atoms with van der Waals surface area (Å²) >= 11 is 6.04. The SMILES string of the molecule is C=CC(=O)Nc1c(C)c(C)cc(Cl)c1C. The number of hydrogen-bond donors (Lipinski definition) is 1. The van der Waals surface area contributed by atoms with E-state index in [0.29, 0.717) is 5.02 Å². The summed E-state index contributed by atoms with van der Waals surface area (Å²) in [5.41, 5.74) is 3.76. The van der Waals surface area contributed by atoms with Crippen LogP contribution < -0.4 is 5.32 Å². The highest BCUT2D eigenvalue weighted by atomic mass is 35.5. The van der Waals surface area contributed by atoms with Gasteiger partial charge in [0.2, 0.25) is 5.91 Å². The summed E-state index contributed by atoms with van der Waals surface area (Å²) in [6.07, 6.45) is 1.25. The highest BCUT2D eigenvalue weighted by Crippen LogP contribution is 2.29. The minimum atomic E-state index is -0.220. The summed E-state index contributed by atoms with van der Waals surface area (Å²) in [5, 5.41) is 3.43. The molecule has 0 saturated carbocycles. The van der Waals surface area contributed by atoms with Crippen molar-refractivity contribution in [3.05, 3.63) is 40.4 Å². The van der Waals surface area contributed by atoms with E-state index in [-0.39, 0.29) is 5.91 Å². The van der Waals surface area contributed by atoms with Gasteiger partial charge in [-0.2, -0.15) is 0 Å². The van der Waals surface area contributed by atoms with Gasteiger partial charge in [0.05, 0.1) is 0 Å². The molecule has 3 heteroatoms. The van der Waals surface area contributed by atoms with Crippen molar-refractivity contribution >= 4 is 23.2 Å². The van der Waals surface area contributed by atoms with Gasteiger partial charge in [-0.05, 0) is 49.6 Å². The molecular weight excluding hydrogens is 210 g/mol. The number of anilines is 1. The van der Waals surface area contributed by atoms with Crippen LogP contribution in [-0.2, 0) is 4.79 Å². The van der Waals surface area contributed by atoms with Gasteiger partial charge in [-0.1, -0.05) is 18.2 Å². The maximum absolute atomic E-state index is 11.2. The van der Waals surface area contributed by atoms with Gasteiger partial charge in [0, 0.05) is 10.7 Å². The topological polar surface area (TPSA) is 29.1 Å². The maximum Gasteiger partial charge on any atom is 0.247 e. The van der Waals surface area contributed by atoms with Crippen LogP contribution in [0.15, 0.2) is 18.7 Å². The van der Waals surface area contributed by atoms with Gasteiger partial charge in [0.15, 0.2) is 0 Å². The number of amides is 1. The Morgan fingerprint density at radius 2 is 2.00 bits per heavy atom. The Balaban J connectivity index is 3.26. The number of benzene rings is 1. The first kappa shape index (κ1) is 11.8. The second-order valence-corrected chi connectivity index (χ2v) is 3.90. The maximum atomic E-state index is 11.2. The molecule has 0 fully saturated rings. The standard InChI is InChI=1S/C12H14ClNO/c1-5-11(15)14-12-8(3)7(2)6-10(13)9(12)4/h5-6H,1H2,2-4H3,(H,14,15). The van der Waals surface area contributed by atoms with Crippen molar-refractivity contribution in [2.24, 2.45) is 0 Å². The van der Waals surface area contributed by atoms with Crippen LogP contribution in [0, 0.1) is 20.8 Å². The van der Waals surface area contributed by atoms with Gasteiger partial charge in [-0.25, -0.2) is 0 Å². The van der Waals surface area contributed by atoms with Crippen molar-refractivity contribution in [3.63, 3.8) is 0 Å². The van der Waals surface area contributed by atoms with Crippen molar-refractivity contribution in [1.82, 2.24) is 0 Å². The predicted molar refractivity (Wildman–Crippen MR) is 64.5 cm³/mol. The molecule has 0 aliphatic carbocycles. The van der Waals surface area contributed by atoms with E-state index in [1.54, 1.807) is 0 Å². The van der Waals surface area contributed by atoms with E-state index in [0.717, 1.165) is 22.4 Å². The molecule has 0 bridgehead atoms. The molecule has 0 aliphatic heterocycles. The van der Waals surface area contributed by atoms with Gasteiger partial charge in [0.1, 0.15) is 0 Å². The third-order valence-corrected chi connectivity index (χ3v) is 2.87. The van der Waals surface area contributed by atoms with Crippen molar-refractivity contribution < 1.29 is 4.79 Å². The number of nitrogens with one attached hydrogen (secondary N) is 1. The highest BCUT2D eigenvalue weighted by molar-refractivity contribution is 6.32. The Morgan fingerprint density at radius 1 is 1.40 bits per heavy atom. The van der Waals surface area contributed by atoms with Gasteiger partial charge < -0.3 is 5.32 Å². The smallest absolute Gasteiger partial charge is 0.247 e. The van der Waals surface area contributed by atoms with Crippen molar-refractivity contribution in [2.45, 2.75) is 20.8 Å². The first-order chi connectivity index (χ1) is 6.97. The van der Waals surface area contributed by atoms with E-state index >= 15 is 0 Å². The molecule has 0 spiro atoms. The fraction of sp³-hybridized carbons (Fsp3) is 0.250. The molecule has 1 aromatic rings. The molecule has 2 nitrogen and oxygen atoms in total. The molecule has 0 aromatic heterocycles. The average molecular weight is 224 g/mol. The van der Waals surface area contributed by atoms with Gasteiger partial charge in [-0.15, -0.1) is 0 Å². The fourth-order valence-electron chi connectivity index (χ4n) is 1.37. The van der Waals surface area contributed by atoms with Crippen LogP contribution in [0.4, 0.5) is 5.69 Å². The number of aryl methyl sites for hydroxylation is 1. The summed E-state index contributed by atoms with van der Waals surface area (Å²) in [4.78, 5) is 11.2. The molecule has 0 radical (unpaired) electrons. The molecule has 80 valence electrons. The molecule has 1 N–H and O–H groups in total. The van der Waals surface area contributed by atoms with E-state index in [4.69, 9.17) is 11.6 Å². The van der Waals surface area contributed by atoms with Crippen molar-refractivity contribution in [2.75, 3.05) is 5.32 Å². The molecule has 1 amide bonds. The van der Waals surface area contributed by atoms with E-state index in [9.17, 15) is 4.79 Å². The number of rotatable bonds is 2. The van der Waals surface area contributed by atoms with Crippen molar-refractivity contribution in [1.29, 1.82) is 0 Å². The largest absolute Gasteiger partial charge is 0.322 e. The summed E-state index contributed by atoms with van der Waals surface area (Å²) < 4.78 is 0. The Hall–Kier alpha value is -1.28. The van der Waals surface area contributed by atoms with Crippen LogP contribution in [0.2, 0.25) is 5.02 Å². The van der Waals surface area contributed by atoms with E-state index in [2.05, 4.69) is 11.9 Å². The van der Waals surface area contributed by atoms with Gasteiger partial charge in [-0.3, -0.25) is 4.79 Å². The summed E-state index contributed by atoms with van der Waals surface area (Å²) in [6.45, 7) is 9.22. The lowest BCUT2D eigenvalue weighted by Gasteiger charge is -2.14. The normalized spacial score (nSPS) is 9.87. The molecule has 0 saturated heterocycles. The summed E-state index contributed by atoms with van der Waals surface area (Å²) in [7, 11) is 0. The van der Waals surface area contributed by atoms with E-state index in [1.807, 2.05) is 26.8 Å². The third kappa shape index (κ3) is 2.39. The molecule has 1 aromatic carbocycles. The zero-order chi connectivity index (χ0) is 11.6. The van der Waals surface area contributed by atoms with Crippen LogP contribution >= 0.6 is 11.6 Å². The Kier molecular flexibility index (Phi) is 3.53. The zero-order valence-corrected chi connectivity index (χ0v) is 9.90. The lowest BCUT2D eigenvalue weighted by atomic mass is 10.0. The summed E-state index contributed by atoms with van der Waals surface area (Å²) in [5.74, 6) is -0.220. The van der Waals surface area contributed by atoms with Crippen LogP contribution in [0.1, 0.15) is 16.7 Å². The lowest BCUT2D eigenvalue weighted by molar-refractivity contribution is -0.111. The minimum Gasteiger partial charge on any atom is -0.322 e. The first-order valence-electron chi connectivity index (χ1n) is 4.67. The van der Waals surface area contributed by atoms with E-state index < -0.39 is 0 Å². The first-order valence-corrected chi connectivity index (χ1v) is 5.05. The quantitative estimate of drug-likeness (QED) is 0.766. The predicted octanol–water partition coefficient (Wildman–Crippen LogP) is 3.39. The molecule has 0 unspecified atom stereocenters. The molecule has 0 aliphatic rings. The Morgan fingerprint density at radius 3 is 2.53 bits per heavy atom. The van der Waals surface area contributed by atoms with E-state index in [1.165, 1.54) is 6.08 Å². The summed E-state index contributed by atoms with van der Waals surface area (Å²) in [6, 6.07) is 1.90. The van der Waals surface area contributed by atoms with Crippen LogP contribution in [0.3, 0.4) is 0 Å². The minimum absolute atomic E-state index is 0.220. The molecule has 1 rings (SSSR count). The Bertz CT molecular complexity index is 398. The van der Waals surface area contributed by atoms with Gasteiger partial charge >= 0.3 is 0 Å². The monoisotopic (exact) mass is 223 g/mol. The highest BCUT2D eigenvalue weighted by Gasteiger charge is 2.10. The van der Waals surface area contributed by atoms with Crippen molar-refractivity contribution in [3.8, 4) is 0 Å². The molecular formula is C12H14ClNO. The second-order valence-electron chi connectivity index (χ2n) is 3.49.